The van der Waals surface area contributed by atoms with Gasteiger partial charge in [-0.05, 0) is 19.4 Å². The van der Waals surface area contributed by atoms with Crippen LogP contribution in [0.15, 0.2) is 22.6 Å². The van der Waals surface area contributed by atoms with Gasteiger partial charge in [-0.3, -0.25) is 9.59 Å². The smallest absolute Gasteiger partial charge is 0.303 e. The zero-order chi connectivity index (χ0) is 14.7. The Morgan fingerprint density at radius 3 is 2.80 bits per heavy atom. The molecule has 0 saturated carbocycles. The lowest BCUT2D eigenvalue weighted by Crippen LogP contribution is -2.25. The van der Waals surface area contributed by atoms with E-state index in [0.717, 1.165) is 0 Å². The summed E-state index contributed by atoms with van der Waals surface area (Å²) in [5, 5.41) is 11.6. The lowest BCUT2D eigenvalue weighted by atomic mass is 10.1. The molecule has 6 heteroatoms. The maximum Gasteiger partial charge on any atom is 0.303 e. The Balaban J connectivity index is 2.12. The molecule has 5 nitrogen and oxygen atoms in total. The third-order valence-electron chi connectivity index (χ3n) is 2.97. The van der Waals surface area contributed by atoms with Crippen LogP contribution in [0, 0.1) is 12.7 Å². The molecule has 1 aromatic carbocycles. The van der Waals surface area contributed by atoms with Crippen LogP contribution in [0.3, 0.4) is 0 Å². The number of carboxylic acid groups (broad SMARTS) is 1. The largest absolute Gasteiger partial charge is 0.481 e. The van der Waals surface area contributed by atoms with Crippen LogP contribution in [-0.4, -0.2) is 23.5 Å². The van der Waals surface area contributed by atoms with Gasteiger partial charge in [0.15, 0.2) is 17.2 Å². The van der Waals surface area contributed by atoms with Crippen LogP contribution in [0.1, 0.15) is 29.0 Å². The molecular weight excluding hydrogens is 265 g/mol. The van der Waals surface area contributed by atoms with Gasteiger partial charge < -0.3 is 14.8 Å². The average Bonchev–Trinajstić information content (AvgIpc) is 2.74. The molecule has 0 atom stereocenters. The number of rotatable bonds is 5. The van der Waals surface area contributed by atoms with Crippen molar-refractivity contribution >= 4 is 22.8 Å². The maximum absolute atomic E-state index is 13.5. The molecule has 2 rings (SSSR count). The fourth-order valence-corrected chi connectivity index (χ4v) is 1.95. The van der Waals surface area contributed by atoms with E-state index in [1.54, 1.807) is 19.1 Å². The van der Waals surface area contributed by atoms with Gasteiger partial charge in [0.2, 0.25) is 0 Å². The first kappa shape index (κ1) is 14.0. The number of hydrogen-bond acceptors (Lipinski definition) is 3. The maximum atomic E-state index is 13.5. The molecule has 0 bridgehead atoms. The molecule has 0 saturated heterocycles. The van der Waals surface area contributed by atoms with Crippen LogP contribution in [0.5, 0.6) is 0 Å². The molecule has 2 N–H and O–H groups in total. The Morgan fingerprint density at radius 2 is 2.15 bits per heavy atom. The van der Waals surface area contributed by atoms with Crippen molar-refractivity contribution in [2.75, 3.05) is 6.54 Å². The molecule has 1 amide bonds. The van der Waals surface area contributed by atoms with Crippen LogP contribution in [-0.2, 0) is 4.79 Å². The Bertz CT molecular complexity index is 662. The highest BCUT2D eigenvalue weighted by Gasteiger charge is 2.19. The van der Waals surface area contributed by atoms with Crippen molar-refractivity contribution in [1.82, 2.24) is 5.32 Å². The molecular formula is C14H14FNO4. The second-order valence-corrected chi connectivity index (χ2v) is 4.43. The van der Waals surface area contributed by atoms with E-state index in [2.05, 4.69) is 5.32 Å². The van der Waals surface area contributed by atoms with Gasteiger partial charge in [-0.2, -0.15) is 0 Å². The van der Waals surface area contributed by atoms with Crippen LogP contribution < -0.4 is 5.32 Å². The van der Waals surface area contributed by atoms with E-state index in [9.17, 15) is 14.0 Å². The van der Waals surface area contributed by atoms with E-state index in [1.165, 1.54) is 6.07 Å². The second-order valence-electron chi connectivity index (χ2n) is 4.43. The fourth-order valence-electron chi connectivity index (χ4n) is 1.95. The van der Waals surface area contributed by atoms with Crippen LogP contribution in [0.2, 0.25) is 0 Å². The summed E-state index contributed by atoms with van der Waals surface area (Å²) in [5.41, 5.74) is 0.621. The third-order valence-corrected chi connectivity index (χ3v) is 2.97. The minimum Gasteiger partial charge on any atom is -0.481 e. The van der Waals surface area contributed by atoms with Crippen molar-refractivity contribution in [1.29, 1.82) is 0 Å². The number of fused-ring (bicyclic) bond motifs is 1. The number of furan rings is 1. The Labute approximate surface area is 114 Å². The fraction of sp³-hybridized carbons (Fsp3) is 0.286. The lowest BCUT2D eigenvalue weighted by molar-refractivity contribution is -0.137. The average molecular weight is 279 g/mol. The number of carbonyl (C=O) groups excluding carboxylic acids is 1. The zero-order valence-corrected chi connectivity index (χ0v) is 10.9. The number of benzene rings is 1. The van der Waals surface area contributed by atoms with Crippen LogP contribution in [0.25, 0.3) is 11.0 Å². The van der Waals surface area contributed by atoms with Gasteiger partial charge >= 0.3 is 5.97 Å². The highest BCUT2D eigenvalue weighted by atomic mass is 19.1. The normalized spacial score (nSPS) is 10.7. The van der Waals surface area contributed by atoms with Crippen molar-refractivity contribution in [2.24, 2.45) is 0 Å². The molecule has 20 heavy (non-hydrogen) atoms. The summed E-state index contributed by atoms with van der Waals surface area (Å²) >= 11 is 0. The topological polar surface area (TPSA) is 79.5 Å². The van der Waals surface area contributed by atoms with E-state index in [4.69, 9.17) is 9.52 Å². The van der Waals surface area contributed by atoms with Gasteiger partial charge in [0.25, 0.3) is 5.91 Å². The first-order valence-corrected chi connectivity index (χ1v) is 6.18. The van der Waals surface area contributed by atoms with Crippen molar-refractivity contribution in [3.8, 4) is 0 Å². The quantitative estimate of drug-likeness (QED) is 0.824. The number of amides is 1. The summed E-state index contributed by atoms with van der Waals surface area (Å²) in [6.07, 6.45) is 0.308. The number of halogens is 1. The van der Waals surface area contributed by atoms with E-state index in [0.29, 0.717) is 17.4 Å². The number of aryl methyl sites for hydroxylation is 1. The SMILES string of the molecule is Cc1c(C(=O)NCCCC(=O)O)oc2c(F)cccc12. The van der Waals surface area contributed by atoms with Gasteiger partial charge in [-0.1, -0.05) is 12.1 Å². The number of hydrogen-bond donors (Lipinski definition) is 2. The van der Waals surface area contributed by atoms with Gasteiger partial charge in [0.05, 0.1) is 0 Å². The molecule has 2 aromatic rings. The summed E-state index contributed by atoms with van der Waals surface area (Å²) in [7, 11) is 0. The van der Waals surface area contributed by atoms with Gasteiger partial charge in [0, 0.05) is 23.9 Å². The molecule has 0 aliphatic heterocycles. The summed E-state index contributed by atoms with van der Waals surface area (Å²) in [5.74, 6) is -1.85. The molecule has 1 heterocycles. The predicted molar refractivity (Wildman–Crippen MR) is 70.1 cm³/mol. The Morgan fingerprint density at radius 1 is 1.40 bits per heavy atom. The first-order chi connectivity index (χ1) is 9.50. The summed E-state index contributed by atoms with van der Waals surface area (Å²) in [6.45, 7) is 1.90. The minimum absolute atomic E-state index is 0.0198. The van der Waals surface area contributed by atoms with Crippen LogP contribution in [0.4, 0.5) is 4.39 Å². The molecule has 1 aromatic heterocycles. The molecule has 106 valence electrons. The van der Waals surface area contributed by atoms with Crippen molar-refractivity contribution in [3.05, 3.63) is 35.3 Å². The van der Waals surface area contributed by atoms with Crippen molar-refractivity contribution in [3.63, 3.8) is 0 Å². The predicted octanol–water partition coefficient (Wildman–Crippen LogP) is 2.47. The number of para-hydroxylation sites is 1. The molecule has 0 aliphatic rings. The lowest BCUT2D eigenvalue weighted by Gasteiger charge is -2.02. The summed E-state index contributed by atoms with van der Waals surface area (Å²) < 4.78 is 18.8. The number of carbonyl (C=O) groups is 2. The Kier molecular flexibility index (Phi) is 4.02. The van der Waals surface area contributed by atoms with Crippen molar-refractivity contribution in [2.45, 2.75) is 19.8 Å². The van der Waals surface area contributed by atoms with E-state index in [-0.39, 0.29) is 24.3 Å². The van der Waals surface area contributed by atoms with Gasteiger partial charge in [0.1, 0.15) is 0 Å². The molecule has 0 radical (unpaired) electrons. The molecule has 0 aliphatic carbocycles. The summed E-state index contributed by atoms with van der Waals surface area (Å²) in [4.78, 5) is 22.3. The minimum atomic E-state index is -0.916. The highest BCUT2D eigenvalue weighted by molar-refractivity contribution is 5.99. The monoisotopic (exact) mass is 279 g/mol. The number of carboxylic acids is 1. The van der Waals surface area contributed by atoms with Gasteiger partial charge in [-0.15, -0.1) is 0 Å². The molecule has 0 unspecified atom stereocenters. The molecule has 0 fully saturated rings. The zero-order valence-electron chi connectivity index (χ0n) is 10.9. The van der Waals surface area contributed by atoms with E-state index in [1.807, 2.05) is 0 Å². The number of nitrogens with one attached hydrogen (secondary N) is 1. The second kappa shape index (κ2) is 5.73. The third kappa shape index (κ3) is 2.79. The van der Waals surface area contributed by atoms with E-state index < -0.39 is 17.7 Å². The van der Waals surface area contributed by atoms with E-state index >= 15 is 0 Å². The highest BCUT2D eigenvalue weighted by Crippen LogP contribution is 2.27. The first-order valence-electron chi connectivity index (χ1n) is 6.18. The molecule has 0 spiro atoms. The Hall–Kier alpha value is -2.37. The number of aliphatic carboxylic acids is 1. The van der Waals surface area contributed by atoms with Crippen LogP contribution >= 0.6 is 0 Å². The van der Waals surface area contributed by atoms with Gasteiger partial charge in [-0.25, -0.2) is 4.39 Å². The summed E-state index contributed by atoms with van der Waals surface area (Å²) in [6, 6.07) is 4.49. The van der Waals surface area contributed by atoms with Crippen molar-refractivity contribution < 1.29 is 23.5 Å². The standard InChI is InChI=1S/C14H14FNO4/c1-8-9-4-2-5-10(15)13(9)20-12(8)14(19)16-7-3-6-11(17)18/h2,4-5H,3,6-7H2,1H3,(H,16,19)(H,17,18).